The monoisotopic (exact) mass is 275 g/mol. The van der Waals surface area contributed by atoms with Crippen LogP contribution in [0.25, 0.3) is 0 Å². The molecule has 4 nitrogen and oxygen atoms in total. The van der Waals surface area contributed by atoms with Crippen molar-refractivity contribution in [3.63, 3.8) is 0 Å². The predicted molar refractivity (Wildman–Crippen MR) is 66.7 cm³/mol. The number of thioether (sulfide) groups is 1. The van der Waals surface area contributed by atoms with Crippen molar-refractivity contribution >= 4 is 11.8 Å². The molecule has 1 aliphatic rings. The number of benzene rings is 1. The molecule has 1 aromatic carbocycles. The minimum absolute atomic E-state index is 0.00696. The Kier molecular flexibility index (Phi) is 3.22. The highest BCUT2D eigenvalue weighted by molar-refractivity contribution is 7.98. The van der Waals surface area contributed by atoms with Gasteiger partial charge in [-0.15, -0.1) is 11.8 Å². The number of nitriles is 1. The third-order valence-corrected chi connectivity index (χ3v) is 4.00. The van der Waals surface area contributed by atoms with Crippen LogP contribution in [0.2, 0.25) is 0 Å². The molecule has 6 heteroatoms. The molecule has 1 aromatic heterocycles. The fourth-order valence-corrected chi connectivity index (χ4v) is 2.57. The van der Waals surface area contributed by atoms with Crippen LogP contribution in [0.1, 0.15) is 24.1 Å². The molecule has 1 saturated carbocycles. The molecule has 0 spiro atoms. The molecule has 0 aliphatic heterocycles. The van der Waals surface area contributed by atoms with Crippen LogP contribution in [0.3, 0.4) is 0 Å². The van der Waals surface area contributed by atoms with E-state index in [1.807, 2.05) is 0 Å². The van der Waals surface area contributed by atoms with Crippen LogP contribution in [-0.2, 0) is 5.75 Å². The van der Waals surface area contributed by atoms with Crippen molar-refractivity contribution in [1.82, 2.24) is 10.1 Å². The number of hydrogen-bond donors (Lipinski definition) is 0. The Morgan fingerprint density at radius 1 is 1.47 bits per heavy atom. The highest BCUT2D eigenvalue weighted by Crippen LogP contribution is 2.46. The summed E-state index contributed by atoms with van der Waals surface area (Å²) in [7, 11) is 0. The third-order valence-electron chi connectivity index (χ3n) is 2.95. The van der Waals surface area contributed by atoms with Gasteiger partial charge in [-0.3, -0.25) is 0 Å². The molecule has 2 aromatic rings. The minimum atomic E-state index is -0.247. The molecular weight excluding hydrogens is 265 g/mol. The lowest BCUT2D eigenvalue weighted by molar-refractivity contribution is 0.373. The molecule has 19 heavy (non-hydrogen) atoms. The van der Waals surface area contributed by atoms with Crippen molar-refractivity contribution in [3.05, 3.63) is 41.8 Å². The van der Waals surface area contributed by atoms with E-state index in [0.717, 1.165) is 6.42 Å². The van der Waals surface area contributed by atoms with Gasteiger partial charge in [-0.25, -0.2) is 4.39 Å². The van der Waals surface area contributed by atoms with Crippen LogP contribution in [-0.4, -0.2) is 10.1 Å². The molecule has 0 N–H and O–H groups in total. The zero-order valence-electron chi connectivity index (χ0n) is 9.91. The molecular formula is C13H10FN3OS. The van der Waals surface area contributed by atoms with Crippen LogP contribution >= 0.6 is 11.8 Å². The highest BCUT2D eigenvalue weighted by Gasteiger charge is 2.43. The summed E-state index contributed by atoms with van der Waals surface area (Å²) >= 11 is 1.33. The maximum atomic E-state index is 13.4. The van der Waals surface area contributed by atoms with E-state index in [0.29, 0.717) is 22.4 Å². The standard InChI is InChI=1S/C13H10FN3OS/c14-10-3-1-2-4-11(10)19-7-12-16-13(18-17-12)9-5-8(9)6-15/h1-4,8-9H,5,7H2. The summed E-state index contributed by atoms with van der Waals surface area (Å²) in [6.07, 6.45) is 0.790. The Balaban J connectivity index is 1.62. The minimum Gasteiger partial charge on any atom is -0.339 e. The molecule has 0 radical (unpaired) electrons. The van der Waals surface area contributed by atoms with Gasteiger partial charge >= 0.3 is 0 Å². The maximum Gasteiger partial charge on any atom is 0.231 e. The Labute approximate surface area is 113 Å². The summed E-state index contributed by atoms with van der Waals surface area (Å²) in [5.74, 6) is 1.36. The van der Waals surface area contributed by atoms with Gasteiger partial charge in [0.05, 0.1) is 23.7 Å². The Morgan fingerprint density at radius 3 is 3.05 bits per heavy atom. The molecule has 96 valence electrons. The van der Waals surface area contributed by atoms with Crippen LogP contribution in [0.4, 0.5) is 4.39 Å². The lowest BCUT2D eigenvalue weighted by Crippen LogP contribution is -1.87. The number of nitrogens with zero attached hydrogens (tertiary/aromatic N) is 3. The molecule has 1 heterocycles. The van der Waals surface area contributed by atoms with E-state index < -0.39 is 0 Å². The van der Waals surface area contributed by atoms with Gasteiger partial charge in [-0.1, -0.05) is 17.3 Å². The van der Waals surface area contributed by atoms with Gasteiger partial charge in [0, 0.05) is 4.90 Å². The lowest BCUT2D eigenvalue weighted by Gasteiger charge is -1.99. The van der Waals surface area contributed by atoms with E-state index in [2.05, 4.69) is 16.2 Å². The van der Waals surface area contributed by atoms with Gasteiger partial charge < -0.3 is 4.52 Å². The quantitative estimate of drug-likeness (QED) is 0.802. The molecule has 1 fully saturated rings. The van der Waals surface area contributed by atoms with Crippen LogP contribution in [0.5, 0.6) is 0 Å². The van der Waals surface area contributed by atoms with Gasteiger partial charge in [-0.2, -0.15) is 10.2 Å². The number of halogens is 1. The zero-order valence-corrected chi connectivity index (χ0v) is 10.7. The molecule has 0 saturated heterocycles. The first kappa shape index (κ1) is 12.2. The van der Waals surface area contributed by atoms with Gasteiger partial charge in [-0.05, 0) is 18.6 Å². The SMILES string of the molecule is N#CC1CC1c1nc(CSc2ccccc2F)no1. The van der Waals surface area contributed by atoms with Crippen LogP contribution in [0.15, 0.2) is 33.7 Å². The summed E-state index contributed by atoms with van der Waals surface area (Å²) in [6, 6.07) is 8.76. The van der Waals surface area contributed by atoms with Crippen molar-refractivity contribution in [2.45, 2.75) is 23.0 Å². The Morgan fingerprint density at radius 2 is 2.32 bits per heavy atom. The van der Waals surface area contributed by atoms with Crippen molar-refractivity contribution in [2.24, 2.45) is 5.92 Å². The summed E-state index contributed by atoms with van der Waals surface area (Å²) in [5.41, 5.74) is 0. The second kappa shape index (κ2) is 5.02. The van der Waals surface area contributed by atoms with Crippen LogP contribution in [0, 0.1) is 23.1 Å². The third kappa shape index (κ3) is 2.61. The van der Waals surface area contributed by atoms with Crippen molar-refractivity contribution < 1.29 is 8.91 Å². The van der Waals surface area contributed by atoms with Crippen molar-refractivity contribution in [3.8, 4) is 6.07 Å². The fourth-order valence-electron chi connectivity index (χ4n) is 1.79. The highest BCUT2D eigenvalue weighted by atomic mass is 32.2. The number of aromatic nitrogens is 2. The number of rotatable bonds is 4. The second-order valence-electron chi connectivity index (χ2n) is 4.35. The average Bonchev–Trinajstić information content (AvgIpc) is 3.08. The molecule has 0 amide bonds. The van der Waals surface area contributed by atoms with Crippen molar-refractivity contribution in [2.75, 3.05) is 0 Å². The van der Waals surface area contributed by atoms with E-state index in [4.69, 9.17) is 9.78 Å². The fraction of sp³-hybridized carbons (Fsp3) is 0.308. The Hall–Kier alpha value is -1.87. The van der Waals surface area contributed by atoms with E-state index in [9.17, 15) is 4.39 Å². The first-order valence-corrected chi connectivity index (χ1v) is 6.86. The summed E-state index contributed by atoms with van der Waals surface area (Å²) in [5, 5.41) is 12.6. The normalized spacial score (nSPS) is 21.1. The summed E-state index contributed by atoms with van der Waals surface area (Å²) < 4.78 is 18.5. The Bertz CT molecular complexity index is 637. The lowest BCUT2D eigenvalue weighted by atomic mass is 10.3. The van der Waals surface area contributed by atoms with E-state index in [-0.39, 0.29) is 17.7 Å². The van der Waals surface area contributed by atoms with E-state index in [1.54, 1.807) is 18.2 Å². The molecule has 3 rings (SSSR count). The summed E-state index contributed by atoms with van der Waals surface area (Å²) in [4.78, 5) is 4.81. The van der Waals surface area contributed by atoms with Gasteiger partial charge in [0.2, 0.25) is 5.89 Å². The maximum absolute atomic E-state index is 13.4. The van der Waals surface area contributed by atoms with E-state index in [1.165, 1.54) is 17.8 Å². The zero-order chi connectivity index (χ0) is 13.2. The molecule has 0 bridgehead atoms. The molecule has 2 atom stereocenters. The largest absolute Gasteiger partial charge is 0.339 e. The summed E-state index contributed by atoms with van der Waals surface area (Å²) in [6.45, 7) is 0. The average molecular weight is 275 g/mol. The second-order valence-corrected chi connectivity index (χ2v) is 5.36. The predicted octanol–water partition coefficient (Wildman–Crippen LogP) is 3.13. The molecule has 2 unspecified atom stereocenters. The van der Waals surface area contributed by atoms with Gasteiger partial charge in [0.15, 0.2) is 5.82 Å². The smallest absolute Gasteiger partial charge is 0.231 e. The number of hydrogen-bond acceptors (Lipinski definition) is 5. The van der Waals surface area contributed by atoms with Gasteiger partial charge in [0.1, 0.15) is 5.82 Å². The van der Waals surface area contributed by atoms with Crippen molar-refractivity contribution in [1.29, 1.82) is 5.26 Å². The van der Waals surface area contributed by atoms with E-state index >= 15 is 0 Å². The topological polar surface area (TPSA) is 62.7 Å². The molecule has 1 aliphatic carbocycles. The van der Waals surface area contributed by atoms with Crippen LogP contribution < -0.4 is 0 Å². The van der Waals surface area contributed by atoms with Gasteiger partial charge in [0.25, 0.3) is 0 Å². The first-order chi connectivity index (χ1) is 9.28. The first-order valence-electron chi connectivity index (χ1n) is 5.87.